The predicted octanol–water partition coefficient (Wildman–Crippen LogP) is 5.54. The number of benzene rings is 2. The molecule has 0 N–H and O–H groups in total. The number of amides is 1. The molecule has 0 aromatic heterocycles. The number of anilines is 1. The highest BCUT2D eigenvalue weighted by molar-refractivity contribution is 9.10. The van der Waals surface area contributed by atoms with Crippen LogP contribution in [-0.4, -0.2) is 36.5 Å². The van der Waals surface area contributed by atoms with E-state index >= 15 is 0 Å². The van der Waals surface area contributed by atoms with Gasteiger partial charge in [-0.3, -0.25) is 9.69 Å². The summed E-state index contributed by atoms with van der Waals surface area (Å²) in [5, 5.41) is 0. The van der Waals surface area contributed by atoms with Crippen molar-refractivity contribution in [2.75, 3.05) is 24.5 Å². The van der Waals surface area contributed by atoms with Crippen molar-refractivity contribution in [1.29, 1.82) is 0 Å². The quantitative estimate of drug-likeness (QED) is 0.562. The van der Waals surface area contributed by atoms with E-state index in [4.69, 9.17) is 0 Å². The Labute approximate surface area is 177 Å². The molecule has 4 heteroatoms. The van der Waals surface area contributed by atoms with E-state index in [1.165, 1.54) is 24.8 Å². The van der Waals surface area contributed by atoms with Crippen LogP contribution in [0, 0.1) is 5.92 Å². The zero-order valence-electron chi connectivity index (χ0n) is 17.0. The molecule has 2 aromatic carbocycles. The summed E-state index contributed by atoms with van der Waals surface area (Å²) in [5.74, 6) is 0.957. The number of carbonyl (C=O) groups is 1. The van der Waals surface area contributed by atoms with E-state index in [9.17, 15) is 4.79 Å². The van der Waals surface area contributed by atoms with Crippen LogP contribution in [0.15, 0.2) is 59.1 Å². The molecule has 150 valence electrons. The van der Waals surface area contributed by atoms with E-state index < -0.39 is 0 Å². The molecule has 1 fully saturated rings. The van der Waals surface area contributed by atoms with Crippen molar-refractivity contribution in [3.8, 4) is 0 Å². The average Bonchev–Trinajstić information content (AvgIpc) is 2.73. The molecular formula is C24H31BrN2O. The fourth-order valence-electron chi connectivity index (χ4n) is 4.09. The van der Waals surface area contributed by atoms with Crippen molar-refractivity contribution in [3.63, 3.8) is 0 Å². The van der Waals surface area contributed by atoms with Gasteiger partial charge in [-0.1, -0.05) is 53.2 Å². The molecule has 3 nitrogen and oxygen atoms in total. The number of piperidine rings is 1. The number of likely N-dealkylation sites (tertiary alicyclic amines) is 1. The van der Waals surface area contributed by atoms with Crippen molar-refractivity contribution in [3.05, 3.63) is 64.6 Å². The lowest BCUT2D eigenvalue weighted by Crippen LogP contribution is -2.47. The molecule has 2 aromatic rings. The molecule has 1 aliphatic rings. The number of hydrogen-bond acceptors (Lipinski definition) is 2. The molecule has 0 aliphatic carbocycles. The van der Waals surface area contributed by atoms with E-state index in [2.05, 4.69) is 58.1 Å². The van der Waals surface area contributed by atoms with Gasteiger partial charge in [-0.2, -0.15) is 0 Å². The molecule has 1 heterocycles. The number of nitrogens with zero attached hydrogens (tertiary/aromatic N) is 2. The number of carbonyl (C=O) groups excluding carboxylic acids is 1. The maximum Gasteiger partial charge on any atom is 0.226 e. The second-order valence-electron chi connectivity index (χ2n) is 7.85. The van der Waals surface area contributed by atoms with Gasteiger partial charge in [-0.05, 0) is 75.0 Å². The van der Waals surface area contributed by atoms with Crippen molar-refractivity contribution in [2.45, 2.75) is 45.6 Å². The van der Waals surface area contributed by atoms with Crippen LogP contribution >= 0.6 is 15.9 Å². The number of hydrogen-bond donors (Lipinski definition) is 0. The van der Waals surface area contributed by atoms with Gasteiger partial charge in [0.15, 0.2) is 0 Å². The van der Waals surface area contributed by atoms with E-state index in [0.717, 1.165) is 35.7 Å². The van der Waals surface area contributed by atoms with Gasteiger partial charge in [0.2, 0.25) is 5.91 Å². The van der Waals surface area contributed by atoms with Gasteiger partial charge in [0, 0.05) is 29.2 Å². The van der Waals surface area contributed by atoms with E-state index in [1.54, 1.807) is 0 Å². The second-order valence-corrected chi connectivity index (χ2v) is 8.77. The van der Waals surface area contributed by atoms with Crippen molar-refractivity contribution in [1.82, 2.24) is 4.90 Å². The lowest BCUT2D eigenvalue weighted by atomic mass is 9.89. The Kier molecular flexibility index (Phi) is 7.69. The summed E-state index contributed by atoms with van der Waals surface area (Å²) in [6.45, 7) is 7.18. The second kappa shape index (κ2) is 10.2. The lowest BCUT2D eigenvalue weighted by molar-refractivity contribution is -0.118. The van der Waals surface area contributed by atoms with Crippen LogP contribution < -0.4 is 4.90 Å². The summed E-state index contributed by atoms with van der Waals surface area (Å²) in [7, 11) is 0. The van der Waals surface area contributed by atoms with Crippen LogP contribution in [0.3, 0.4) is 0 Å². The van der Waals surface area contributed by atoms with E-state index in [1.807, 2.05) is 36.1 Å². The van der Waals surface area contributed by atoms with Gasteiger partial charge < -0.3 is 4.90 Å². The summed E-state index contributed by atoms with van der Waals surface area (Å²) in [6, 6.07) is 19.2. The third-order valence-corrected chi connectivity index (χ3v) is 6.36. The highest BCUT2D eigenvalue weighted by Crippen LogP contribution is 2.25. The minimum atomic E-state index is 0.188. The summed E-state index contributed by atoms with van der Waals surface area (Å²) in [5.41, 5.74) is 2.44. The fourth-order valence-corrected chi connectivity index (χ4v) is 4.35. The third kappa shape index (κ3) is 5.68. The highest BCUT2D eigenvalue weighted by atomic mass is 79.9. The van der Waals surface area contributed by atoms with Crippen LogP contribution in [0.4, 0.5) is 5.69 Å². The zero-order valence-corrected chi connectivity index (χ0v) is 18.6. The first-order valence-corrected chi connectivity index (χ1v) is 11.2. The Hall–Kier alpha value is -1.65. The lowest BCUT2D eigenvalue weighted by Gasteiger charge is -2.38. The van der Waals surface area contributed by atoms with Gasteiger partial charge in [-0.15, -0.1) is 0 Å². The van der Waals surface area contributed by atoms with Gasteiger partial charge in [0.1, 0.15) is 0 Å². The first kappa shape index (κ1) is 21.1. The topological polar surface area (TPSA) is 23.6 Å². The Morgan fingerprint density at radius 1 is 1.11 bits per heavy atom. The van der Waals surface area contributed by atoms with Crippen LogP contribution in [0.25, 0.3) is 0 Å². The molecule has 1 amide bonds. The molecule has 1 saturated heterocycles. The number of halogens is 1. The van der Waals surface area contributed by atoms with Gasteiger partial charge in [0.25, 0.3) is 0 Å². The standard InChI is InChI=1S/C24H31BrN2O/c1-3-24(28)27(23-11-9-22(25)10-12-23)18-19(2)26-15-13-21(14-16-26)17-20-7-5-4-6-8-20/h4-12,19,21H,3,13-18H2,1-2H3. The van der Waals surface area contributed by atoms with E-state index in [0.29, 0.717) is 12.5 Å². The van der Waals surface area contributed by atoms with E-state index in [-0.39, 0.29) is 5.91 Å². The molecule has 0 spiro atoms. The normalized spacial score (nSPS) is 16.7. The Morgan fingerprint density at radius 2 is 1.75 bits per heavy atom. The highest BCUT2D eigenvalue weighted by Gasteiger charge is 2.25. The maximum atomic E-state index is 12.6. The molecule has 0 bridgehead atoms. The Bertz CT molecular complexity index is 739. The largest absolute Gasteiger partial charge is 0.311 e. The summed E-state index contributed by atoms with van der Waals surface area (Å²) in [6.07, 6.45) is 4.18. The molecule has 0 radical (unpaired) electrons. The van der Waals surface area contributed by atoms with Gasteiger partial charge in [0.05, 0.1) is 0 Å². The molecule has 28 heavy (non-hydrogen) atoms. The first-order valence-electron chi connectivity index (χ1n) is 10.4. The molecule has 1 unspecified atom stereocenters. The Balaban J connectivity index is 1.56. The molecule has 3 rings (SSSR count). The molecular weight excluding hydrogens is 412 g/mol. The molecule has 1 atom stereocenters. The van der Waals surface area contributed by atoms with Crippen LogP contribution in [-0.2, 0) is 11.2 Å². The average molecular weight is 443 g/mol. The van der Waals surface area contributed by atoms with Crippen molar-refractivity contribution >= 4 is 27.5 Å². The van der Waals surface area contributed by atoms with Crippen LogP contribution in [0.1, 0.15) is 38.7 Å². The van der Waals surface area contributed by atoms with Crippen LogP contribution in [0.5, 0.6) is 0 Å². The summed E-state index contributed by atoms with van der Waals surface area (Å²) in [4.78, 5) is 17.1. The Morgan fingerprint density at radius 3 is 2.36 bits per heavy atom. The van der Waals surface area contributed by atoms with Gasteiger partial charge >= 0.3 is 0 Å². The summed E-state index contributed by atoms with van der Waals surface area (Å²) < 4.78 is 1.04. The first-order chi connectivity index (χ1) is 13.6. The number of rotatable bonds is 7. The van der Waals surface area contributed by atoms with Crippen molar-refractivity contribution in [2.24, 2.45) is 5.92 Å². The maximum absolute atomic E-state index is 12.6. The SMILES string of the molecule is CCC(=O)N(CC(C)N1CCC(Cc2ccccc2)CC1)c1ccc(Br)cc1. The summed E-state index contributed by atoms with van der Waals surface area (Å²) >= 11 is 3.48. The molecule has 1 aliphatic heterocycles. The monoisotopic (exact) mass is 442 g/mol. The molecule has 0 saturated carbocycles. The van der Waals surface area contributed by atoms with Crippen LogP contribution in [0.2, 0.25) is 0 Å². The van der Waals surface area contributed by atoms with Gasteiger partial charge in [-0.25, -0.2) is 0 Å². The zero-order chi connectivity index (χ0) is 19.9. The van der Waals surface area contributed by atoms with Crippen molar-refractivity contribution < 1.29 is 4.79 Å². The predicted molar refractivity (Wildman–Crippen MR) is 121 cm³/mol. The fraction of sp³-hybridized carbons (Fsp3) is 0.458. The minimum absolute atomic E-state index is 0.188. The smallest absolute Gasteiger partial charge is 0.226 e. The third-order valence-electron chi connectivity index (χ3n) is 5.83. The minimum Gasteiger partial charge on any atom is -0.311 e.